The molecule has 0 bridgehead atoms. The normalized spacial score (nSPS) is 13.9. The maximum atomic E-state index is 12.2. The minimum absolute atomic E-state index is 0.0817. The number of aromatic nitrogens is 1. The number of nitrogens with zero attached hydrogens (tertiary/aromatic N) is 3. The van der Waals surface area contributed by atoms with E-state index in [1.807, 2.05) is 55.3 Å². The molecule has 1 aliphatic rings. The third-order valence-electron chi connectivity index (χ3n) is 4.82. The van der Waals surface area contributed by atoms with Crippen LogP contribution in [0, 0.1) is 6.92 Å². The van der Waals surface area contributed by atoms with E-state index in [1.165, 1.54) is 0 Å². The summed E-state index contributed by atoms with van der Waals surface area (Å²) in [4.78, 5) is 32.7. The number of carbonyl (C=O) groups excluding carboxylic acids is 2. The fourth-order valence-corrected chi connectivity index (χ4v) is 3.21. The van der Waals surface area contributed by atoms with Crippen molar-refractivity contribution in [2.75, 3.05) is 62.0 Å². The van der Waals surface area contributed by atoms with Gasteiger partial charge in [-0.2, -0.15) is 0 Å². The Bertz CT molecular complexity index is 850. The van der Waals surface area contributed by atoms with Gasteiger partial charge in [0.25, 0.3) is 0 Å². The van der Waals surface area contributed by atoms with Crippen molar-refractivity contribution in [3.8, 4) is 0 Å². The van der Waals surface area contributed by atoms with Crippen LogP contribution in [0.15, 0.2) is 42.5 Å². The van der Waals surface area contributed by atoms with Gasteiger partial charge in [0.2, 0.25) is 11.8 Å². The van der Waals surface area contributed by atoms with E-state index in [0.717, 1.165) is 43.4 Å². The molecular formula is C22H29N5O3. The Morgan fingerprint density at radius 3 is 2.50 bits per heavy atom. The van der Waals surface area contributed by atoms with Crippen molar-refractivity contribution in [1.29, 1.82) is 0 Å². The lowest BCUT2D eigenvalue weighted by Gasteiger charge is -2.28. The van der Waals surface area contributed by atoms with E-state index in [4.69, 9.17) is 4.74 Å². The molecule has 160 valence electrons. The second-order valence-corrected chi connectivity index (χ2v) is 7.39. The SMILES string of the molecule is Cc1cccc(NC(=O)CN(C)CCC(=O)Nc2ccc(N3CCOCC3)cc2)n1. The van der Waals surface area contributed by atoms with E-state index >= 15 is 0 Å². The quantitative estimate of drug-likeness (QED) is 0.692. The number of ether oxygens (including phenoxy) is 1. The highest BCUT2D eigenvalue weighted by atomic mass is 16.5. The van der Waals surface area contributed by atoms with E-state index in [1.54, 1.807) is 6.07 Å². The first-order valence-electron chi connectivity index (χ1n) is 10.1. The largest absolute Gasteiger partial charge is 0.378 e. The predicted octanol–water partition coefficient (Wildman–Crippen LogP) is 2.13. The van der Waals surface area contributed by atoms with Gasteiger partial charge in [0.1, 0.15) is 5.82 Å². The lowest BCUT2D eigenvalue weighted by molar-refractivity contribution is -0.119. The Morgan fingerprint density at radius 2 is 1.80 bits per heavy atom. The Morgan fingerprint density at radius 1 is 1.07 bits per heavy atom. The predicted molar refractivity (Wildman–Crippen MR) is 118 cm³/mol. The topological polar surface area (TPSA) is 86.8 Å². The monoisotopic (exact) mass is 411 g/mol. The van der Waals surface area contributed by atoms with Crippen molar-refractivity contribution in [2.24, 2.45) is 0 Å². The summed E-state index contributed by atoms with van der Waals surface area (Å²) < 4.78 is 5.37. The summed E-state index contributed by atoms with van der Waals surface area (Å²) in [5, 5.41) is 5.68. The van der Waals surface area contributed by atoms with Gasteiger partial charge in [-0.3, -0.25) is 14.5 Å². The molecular weight excluding hydrogens is 382 g/mol. The third kappa shape index (κ3) is 6.82. The van der Waals surface area contributed by atoms with Gasteiger partial charge in [-0.25, -0.2) is 4.98 Å². The van der Waals surface area contributed by atoms with Crippen molar-refractivity contribution >= 4 is 29.0 Å². The summed E-state index contributed by atoms with van der Waals surface area (Å²) >= 11 is 0. The van der Waals surface area contributed by atoms with Gasteiger partial charge in [-0.05, 0) is 50.4 Å². The zero-order valence-corrected chi connectivity index (χ0v) is 17.6. The molecule has 2 amide bonds. The molecule has 0 saturated carbocycles. The van der Waals surface area contributed by atoms with Crippen molar-refractivity contribution in [3.63, 3.8) is 0 Å². The van der Waals surface area contributed by atoms with E-state index in [2.05, 4.69) is 20.5 Å². The third-order valence-corrected chi connectivity index (χ3v) is 4.82. The number of nitrogens with one attached hydrogen (secondary N) is 2. The fraction of sp³-hybridized carbons (Fsp3) is 0.409. The Balaban J connectivity index is 1.38. The number of pyridine rings is 1. The maximum Gasteiger partial charge on any atom is 0.239 e. The van der Waals surface area contributed by atoms with Gasteiger partial charge in [0, 0.05) is 43.1 Å². The molecule has 0 aliphatic carbocycles. The number of hydrogen-bond acceptors (Lipinski definition) is 6. The fourth-order valence-electron chi connectivity index (χ4n) is 3.21. The van der Waals surface area contributed by atoms with Crippen LogP contribution in [0.4, 0.5) is 17.2 Å². The first kappa shape index (κ1) is 21.7. The van der Waals surface area contributed by atoms with Gasteiger partial charge in [0.15, 0.2) is 0 Å². The molecule has 3 rings (SSSR count). The average molecular weight is 412 g/mol. The highest BCUT2D eigenvalue weighted by molar-refractivity contribution is 5.92. The van der Waals surface area contributed by atoms with E-state index in [9.17, 15) is 9.59 Å². The number of amides is 2. The molecule has 1 aromatic heterocycles. The number of hydrogen-bond donors (Lipinski definition) is 2. The van der Waals surface area contributed by atoms with E-state index < -0.39 is 0 Å². The maximum absolute atomic E-state index is 12.2. The van der Waals surface area contributed by atoms with Crippen molar-refractivity contribution in [1.82, 2.24) is 9.88 Å². The van der Waals surface area contributed by atoms with Crippen LogP contribution < -0.4 is 15.5 Å². The molecule has 0 unspecified atom stereocenters. The van der Waals surface area contributed by atoms with Crippen LogP contribution in [0.25, 0.3) is 0 Å². The van der Waals surface area contributed by atoms with Crippen LogP contribution in [0.2, 0.25) is 0 Å². The number of likely N-dealkylation sites (N-methyl/N-ethyl adjacent to an activating group) is 1. The Kier molecular flexibility index (Phi) is 7.75. The number of rotatable bonds is 8. The van der Waals surface area contributed by atoms with Crippen molar-refractivity contribution in [3.05, 3.63) is 48.2 Å². The lowest BCUT2D eigenvalue weighted by Crippen LogP contribution is -2.36. The molecule has 1 saturated heterocycles. The van der Waals surface area contributed by atoms with E-state index in [0.29, 0.717) is 18.8 Å². The van der Waals surface area contributed by atoms with E-state index in [-0.39, 0.29) is 18.4 Å². The average Bonchev–Trinajstić information content (AvgIpc) is 2.73. The van der Waals surface area contributed by atoms with Crippen molar-refractivity contribution in [2.45, 2.75) is 13.3 Å². The molecule has 0 radical (unpaired) electrons. The van der Waals surface area contributed by atoms with Crippen LogP contribution in [0.5, 0.6) is 0 Å². The number of carbonyl (C=O) groups is 2. The zero-order chi connectivity index (χ0) is 21.3. The molecule has 0 atom stereocenters. The first-order chi connectivity index (χ1) is 14.5. The standard InChI is InChI=1S/C22H29N5O3/c1-17-4-3-5-20(23-17)25-22(29)16-26(2)11-10-21(28)24-18-6-8-19(9-7-18)27-12-14-30-15-13-27/h3-9H,10-16H2,1-2H3,(H,24,28)(H,23,25,29). The second-order valence-electron chi connectivity index (χ2n) is 7.39. The summed E-state index contributed by atoms with van der Waals surface area (Å²) in [6, 6.07) is 13.3. The highest BCUT2D eigenvalue weighted by Crippen LogP contribution is 2.19. The van der Waals surface area contributed by atoms with Gasteiger partial charge in [0.05, 0.1) is 19.8 Å². The van der Waals surface area contributed by atoms with Gasteiger partial charge >= 0.3 is 0 Å². The second kappa shape index (κ2) is 10.7. The molecule has 8 heteroatoms. The molecule has 1 aliphatic heterocycles. The summed E-state index contributed by atoms with van der Waals surface area (Å²) in [5.74, 6) is 0.295. The van der Waals surface area contributed by atoms with Crippen LogP contribution >= 0.6 is 0 Å². The summed E-state index contributed by atoms with van der Waals surface area (Å²) in [5.41, 5.74) is 2.74. The molecule has 2 heterocycles. The van der Waals surface area contributed by atoms with Gasteiger partial charge in [-0.15, -0.1) is 0 Å². The van der Waals surface area contributed by atoms with Crippen molar-refractivity contribution < 1.29 is 14.3 Å². The Hall–Kier alpha value is -2.97. The summed E-state index contributed by atoms with van der Waals surface area (Å²) in [6.07, 6.45) is 0.303. The van der Waals surface area contributed by atoms with Crippen LogP contribution in [0.1, 0.15) is 12.1 Å². The molecule has 1 fully saturated rings. The molecule has 30 heavy (non-hydrogen) atoms. The molecule has 0 spiro atoms. The summed E-state index contributed by atoms with van der Waals surface area (Å²) in [6.45, 7) is 5.79. The van der Waals surface area contributed by atoms with Crippen LogP contribution in [0.3, 0.4) is 0 Å². The number of anilines is 3. The van der Waals surface area contributed by atoms with Gasteiger partial charge < -0.3 is 20.3 Å². The van der Waals surface area contributed by atoms with Crippen LogP contribution in [-0.2, 0) is 14.3 Å². The van der Waals surface area contributed by atoms with Crippen LogP contribution in [-0.4, -0.2) is 68.1 Å². The molecule has 2 aromatic rings. The summed E-state index contributed by atoms with van der Waals surface area (Å²) in [7, 11) is 1.81. The Labute approximate surface area is 177 Å². The highest BCUT2D eigenvalue weighted by Gasteiger charge is 2.12. The minimum atomic E-state index is -0.158. The molecule has 2 N–H and O–H groups in total. The first-order valence-corrected chi connectivity index (χ1v) is 10.1. The zero-order valence-electron chi connectivity index (χ0n) is 17.6. The molecule has 1 aromatic carbocycles. The number of aryl methyl sites for hydroxylation is 1. The lowest BCUT2D eigenvalue weighted by atomic mass is 10.2. The minimum Gasteiger partial charge on any atom is -0.378 e. The van der Waals surface area contributed by atoms with Gasteiger partial charge in [-0.1, -0.05) is 6.07 Å². The smallest absolute Gasteiger partial charge is 0.239 e. The number of benzene rings is 1. The molecule has 8 nitrogen and oxygen atoms in total. The number of morpholine rings is 1.